The molecule has 0 saturated carbocycles. The summed E-state index contributed by atoms with van der Waals surface area (Å²) >= 11 is 0. The molecule has 2 fully saturated rings. The van der Waals surface area contributed by atoms with E-state index in [1.165, 1.54) is 0 Å². The van der Waals surface area contributed by atoms with Crippen molar-refractivity contribution >= 4 is 18.1 Å². The first-order chi connectivity index (χ1) is 12.7. The van der Waals surface area contributed by atoms with Gasteiger partial charge in [0.05, 0.1) is 18.7 Å². The van der Waals surface area contributed by atoms with Crippen molar-refractivity contribution in [3.63, 3.8) is 0 Å². The maximum atomic E-state index is 12.8. The van der Waals surface area contributed by atoms with Crippen LogP contribution in [0.2, 0.25) is 0 Å². The van der Waals surface area contributed by atoms with E-state index in [0.717, 1.165) is 10.5 Å². The molecule has 2 saturated heterocycles. The fraction of sp³-hybridized carbons (Fsp3) is 0.526. The number of hydrogen-bond acceptors (Lipinski definition) is 6. The largest absolute Gasteiger partial charge is 0.444 e. The molecule has 2 aliphatic heterocycles. The van der Waals surface area contributed by atoms with Crippen LogP contribution < -0.4 is 5.32 Å². The van der Waals surface area contributed by atoms with Crippen LogP contribution in [0.4, 0.5) is 9.59 Å². The van der Waals surface area contributed by atoms with Crippen LogP contribution in [0.5, 0.6) is 0 Å². The maximum absolute atomic E-state index is 12.8. The Morgan fingerprint density at radius 1 is 1.22 bits per heavy atom. The normalized spacial score (nSPS) is 27.6. The van der Waals surface area contributed by atoms with Gasteiger partial charge in [-0.3, -0.25) is 4.79 Å². The third-order valence-corrected chi connectivity index (χ3v) is 4.40. The van der Waals surface area contributed by atoms with E-state index < -0.39 is 48.0 Å². The first-order valence-electron chi connectivity index (χ1n) is 8.87. The number of carbonyl (C=O) groups excluding carboxylic acids is 3. The van der Waals surface area contributed by atoms with E-state index in [1.54, 1.807) is 27.7 Å². The van der Waals surface area contributed by atoms with Crippen molar-refractivity contribution in [3.05, 3.63) is 35.9 Å². The van der Waals surface area contributed by atoms with Crippen molar-refractivity contribution in [3.8, 4) is 0 Å². The molecule has 0 radical (unpaired) electrons. The van der Waals surface area contributed by atoms with E-state index >= 15 is 0 Å². The van der Waals surface area contributed by atoms with Crippen LogP contribution in [0.1, 0.15) is 39.4 Å². The molecule has 8 heteroatoms. The van der Waals surface area contributed by atoms with Gasteiger partial charge in [0.1, 0.15) is 11.7 Å². The summed E-state index contributed by atoms with van der Waals surface area (Å²) in [5.74, 6) is -0.529. The van der Waals surface area contributed by atoms with Gasteiger partial charge in [-0.15, -0.1) is 0 Å². The molecule has 1 N–H and O–H groups in total. The fourth-order valence-corrected chi connectivity index (χ4v) is 3.09. The third kappa shape index (κ3) is 4.05. The molecule has 3 rings (SSSR count). The number of ether oxygens (including phenoxy) is 3. The Morgan fingerprint density at radius 2 is 1.89 bits per heavy atom. The predicted molar refractivity (Wildman–Crippen MR) is 94.9 cm³/mol. The van der Waals surface area contributed by atoms with Crippen LogP contribution in [-0.4, -0.2) is 53.4 Å². The first kappa shape index (κ1) is 19.2. The van der Waals surface area contributed by atoms with Crippen LogP contribution in [-0.2, 0) is 19.0 Å². The summed E-state index contributed by atoms with van der Waals surface area (Å²) in [5.41, 5.74) is 0.163. The first-order valence-corrected chi connectivity index (χ1v) is 8.87. The molecular weight excluding hydrogens is 352 g/mol. The van der Waals surface area contributed by atoms with Crippen molar-refractivity contribution < 1.29 is 28.6 Å². The Bertz CT molecular complexity index is 729. The highest BCUT2D eigenvalue weighted by Crippen LogP contribution is 2.33. The van der Waals surface area contributed by atoms with Gasteiger partial charge in [0.25, 0.3) is 5.91 Å². The number of nitrogens with zero attached hydrogens (tertiary/aromatic N) is 1. The van der Waals surface area contributed by atoms with E-state index in [-0.39, 0.29) is 6.61 Å². The zero-order valence-electron chi connectivity index (χ0n) is 15.8. The van der Waals surface area contributed by atoms with Crippen molar-refractivity contribution in [2.75, 3.05) is 6.61 Å². The lowest BCUT2D eigenvalue weighted by atomic mass is 10.0. The summed E-state index contributed by atoms with van der Waals surface area (Å²) in [4.78, 5) is 38.1. The summed E-state index contributed by atoms with van der Waals surface area (Å²) < 4.78 is 15.9. The number of alkyl carbamates (subject to hydrolysis) is 1. The van der Waals surface area contributed by atoms with Crippen LogP contribution in [0.25, 0.3) is 0 Å². The van der Waals surface area contributed by atoms with E-state index in [1.807, 2.05) is 30.3 Å². The highest BCUT2D eigenvalue weighted by Gasteiger charge is 2.50. The molecule has 3 amide bonds. The summed E-state index contributed by atoms with van der Waals surface area (Å²) in [7, 11) is 0. The lowest BCUT2D eigenvalue weighted by molar-refractivity contribution is -0.160. The zero-order chi connectivity index (χ0) is 19.8. The number of amides is 3. The second kappa shape index (κ2) is 7.19. The molecule has 2 heterocycles. The monoisotopic (exact) mass is 376 g/mol. The molecule has 0 spiro atoms. The molecule has 0 unspecified atom stereocenters. The molecule has 8 nitrogen and oxygen atoms in total. The van der Waals surface area contributed by atoms with Gasteiger partial charge in [-0.2, -0.15) is 0 Å². The van der Waals surface area contributed by atoms with Crippen molar-refractivity contribution in [1.29, 1.82) is 0 Å². The van der Waals surface area contributed by atoms with Gasteiger partial charge in [0.2, 0.25) is 0 Å². The molecule has 2 aliphatic rings. The van der Waals surface area contributed by atoms with Crippen LogP contribution >= 0.6 is 0 Å². The second-order valence-electron chi connectivity index (χ2n) is 7.67. The number of benzene rings is 1. The molecule has 1 aromatic carbocycles. The number of carbonyl (C=O) groups is 3. The quantitative estimate of drug-likeness (QED) is 0.870. The highest BCUT2D eigenvalue weighted by molar-refractivity contribution is 5.97. The van der Waals surface area contributed by atoms with Crippen LogP contribution in [0, 0.1) is 0 Å². The fourth-order valence-electron chi connectivity index (χ4n) is 3.09. The highest BCUT2D eigenvalue weighted by atomic mass is 16.6. The molecule has 27 heavy (non-hydrogen) atoms. The standard InChI is InChI=1S/C19H24N2O6/c1-11-14(12-8-6-5-7-9-12)26-18(24)21(11)16(22)15-13(10-25-15)20-17(23)27-19(2,3)4/h5-9,11,13-15H,10H2,1-4H3,(H,20,23)/t11-,13-,14-,15-/m0/s1. The summed E-state index contributed by atoms with van der Waals surface area (Å²) in [5, 5.41) is 2.61. The number of rotatable bonds is 3. The van der Waals surface area contributed by atoms with E-state index in [4.69, 9.17) is 14.2 Å². The second-order valence-corrected chi connectivity index (χ2v) is 7.67. The van der Waals surface area contributed by atoms with E-state index in [2.05, 4.69) is 5.32 Å². The number of nitrogens with one attached hydrogen (secondary N) is 1. The van der Waals surface area contributed by atoms with Gasteiger partial charge in [0, 0.05) is 0 Å². The predicted octanol–water partition coefficient (Wildman–Crippen LogP) is 2.39. The molecule has 4 atom stereocenters. The molecule has 0 bridgehead atoms. The van der Waals surface area contributed by atoms with Gasteiger partial charge in [0.15, 0.2) is 6.10 Å². The lowest BCUT2D eigenvalue weighted by Crippen LogP contribution is -2.63. The van der Waals surface area contributed by atoms with E-state index in [0.29, 0.717) is 0 Å². The Labute approximate surface area is 157 Å². The molecule has 146 valence electrons. The number of cyclic esters (lactones) is 1. The smallest absolute Gasteiger partial charge is 0.417 e. The summed E-state index contributed by atoms with van der Waals surface area (Å²) in [6, 6.07) is 8.20. The third-order valence-electron chi connectivity index (χ3n) is 4.40. The minimum atomic E-state index is -0.943. The lowest BCUT2D eigenvalue weighted by Gasteiger charge is -2.38. The number of hydrogen-bond donors (Lipinski definition) is 1. The number of imide groups is 1. The van der Waals surface area contributed by atoms with Crippen molar-refractivity contribution in [2.24, 2.45) is 0 Å². The molecule has 0 aliphatic carbocycles. The van der Waals surface area contributed by atoms with Gasteiger partial charge < -0.3 is 19.5 Å². The Hall–Kier alpha value is -2.61. The Morgan fingerprint density at radius 3 is 2.44 bits per heavy atom. The van der Waals surface area contributed by atoms with Crippen LogP contribution in [0.3, 0.4) is 0 Å². The van der Waals surface area contributed by atoms with Gasteiger partial charge in [-0.25, -0.2) is 14.5 Å². The average molecular weight is 376 g/mol. The summed E-state index contributed by atoms with van der Waals surface area (Å²) in [6.07, 6.45) is -2.83. The van der Waals surface area contributed by atoms with Crippen LogP contribution in [0.15, 0.2) is 30.3 Å². The van der Waals surface area contributed by atoms with Crippen molar-refractivity contribution in [2.45, 2.75) is 57.6 Å². The minimum Gasteiger partial charge on any atom is -0.444 e. The summed E-state index contributed by atoms with van der Waals surface area (Å²) in [6.45, 7) is 7.17. The topological polar surface area (TPSA) is 94.2 Å². The van der Waals surface area contributed by atoms with Gasteiger partial charge >= 0.3 is 12.2 Å². The Kier molecular flexibility index (Phi) is 5.10. The molecule has 0 aromatic heterocycles. The maximum Gasteiger partial charge on any atom is 0.417 e. The van der Waals surface area contributed by atoms with E-state index in [9.17, 15) is 14.4 Å². The molecule has 1 aromatic rings. The minimum absolute atomic E-state index is 0.176. The average Bonchev–Trinajstić information content (AvgIpc) is 2.85. The van der Waals surface area contributed by atoms with Crippen molar-refractivity contribution in [1.82, 2.24) is 10.2 Å². The zero-order valence-corrected chi connectivity index (χ0v) is 15.8. The Balaban J connectivity index is 1.65. The van der Waals surface area contributed by atoms with Gasteiger partial charge in [-0.05, 0) is 33.3 Å². The SMILES string of the molecule is C[C@H]1[C@@H](c2ccccc2)OC(=O)N1C(=O)[C@H]1OC[C@@H]1NC(=O)OC(C)(C)C. The van der Waals surface area contributed by atoms with Gasteiger partial charge in [-0.1, -0.05) is 30.3 Å². The molecular formula is C19H24N2O6.